The molecule has 0 saturated heterocycles. The fraction of sp³-hybridized carbons (Fsp3) is 0. The Labute approximate surface area is 58.8 Å². The van der Waals surface area contributed by atoms with Crippen LogP contribution in [0.3, 0.4) is 0 Å². The summed E-state index contributed by atoms with van der Waals surface area (Å²) >= 11 is 0. The maximum Gasteiger partial charge on any atom is 0.0918 e. The summed E-state index contributed by atoms with van der Waals surface area (Å²) in [6, 6.07) is 0. The quantitative estimate of drug-likeness (QED) is 0.588. The number of halogens is 1. The highest BCUT2D eigenvalue weighted by Gasteiger charge is 1.68. The van der Waals surface area contributed by atoms with E-state index in [9.17, 15) is 0 Å². The zero-order chi connectivity index (χ0) is 4.95. The third-order valence-electron chi connectivity index (χ3n) is 0.625. The standard InChI is InChI=1S/C5H6N2.BrH/c1-2-4-7-5-6-3-1;/h1-5H,(H,6,7);1H. The highest BCUT2D eigenvalue weighted by Crippen LogP contribution is 1.77. The van der Waals surface area contributed by atoms with E-state index in [1.807, 2.05) is 18.4 Å². The van der Waals surface area contributed by atoms with E-state index >= 15 is 0 Å². The molecule has 44 valence electrons. The van der Waals surface area contributed by atoms with Crippen molar-refractivity contribution in [3.8, 4) is 0 Å². The molecule has 0 spiro atoms. The predicted molar refractivity (Wildman–Crippen MR) is 40.2 cm³/mol. The number of hydrogen-bond acceptors (Lipinski definition) is 2. The molecule has 0 unspecified atom stereocenters. The lowest BCUT2D eigenvalue weighted by atomic mass is 10.6. The third-order valence-corrected chi connectivity index (χ3v) is 0.625. The monoisotopic (exact) mass is 174 g/mol. The Bertz CT molecular complexity index is 112. The Kier molecular flexibility index (Phi) is 4.26. The van der Waals surface area contributed by atoms with Crippen molar-refractivity contribution in [1.29, 1.82) is 0 Å². The first-order valence-corrected chi connectivity index (χ1v) is 2.09. The zero-order valence-corrected chi connectivity index (χ0v) is 5.96. The number of hydrogen-bond donors (Lipinski definition) is 1. The molecule has 0 aromatic carbocycles. The first-order chi connectivity index (χ1) is 3.50. The lowest BCUT2D eigenvalue weighted by molar-refractivity contribution is 1.32. The van der Waals surface area contributed by atoms with Gasteiger partial charge in [0.15, 0.2) is 0 Å². The Balaban J connectivity index is 0.000000490. The molecule has 1 heterocycles. The minimum Gasteiger partial charge on any atom is -0.353 e. The highest BCUT2D eigenvalue weighted by molar-refractivity contribution is 8.93. The van der Waals surface area contributed by atoms with Gasteiger partial charge >= 0.3 is 0 Å². The summed E-state index contributed by atoms with van der Waals surface area (Å²) in [7, 11) is 0. The van der Waals surface area contributed by atoms with Crippen molar-refractivity contribution < 1.29 is 0 Å². The molecule has 1 N–H and O–H groups in total. The van der Waals surface area contributed by atoms with Crippen LogP contribution in [0.25, 0.3) is 0 Å². The summed E-state index contributed by atoms with van der Waals surface area (Å²) in [5.41, 5.74) is 0. The van der Waals surface area contributed by atoms with Crippen LogP contribution >= 0.6 is 17.0 Å². The first kappa shape index (κ1) is 7.43. The van der Waals surface area contributed by atoms with Gasteiger partial charge in [-0.15, -0.1) is 17.0 Å². The number of nitrogens with zero attached hydrogens (tertiary/aromatic N) is 1. The van der Waals surface area contributed by atoms with Crippen molar-refractivity contribution in [2.45, 2.75) is 0 Å². The van der Waals surface area contributed by atoms with Crippen molar-refractivity contribution >= 4 is 23.3 Å². The van der Waals surface area contributed by atoms with Gasteiger partial charge in [0.05, 0.1) is 6.34 Å². The van der Waals surface area contributed by atoms with Crippen LogP contribution in [0.15, 0.2) is 29.5 Å². The van der Waals surface area contributed by atoms with Crippen LogP contribution in [0.2, 0.25) is 0 Å². The SMILES string of the molecule is Br.C1=CN=CNC=C1. The second-order valence-electron chi connectivity index (χ2n) is 1.15. The van der Waals surface area contributed by atoms with E-state index < -0.39 is 0 Å². The molecule has 2 nitrogen and oxygen atoms in total. The maximum atomic E-state index is 3.79. The molecule has 0 saturated carbocycles. The summed E-state index contributed by atoms with van der Waals surface area (Å²) in [6.45, 7) is 0. The van der Waals surface area contributed by atoms with E-state index in [0.29, 0.717) is 0 Å². The van der Waals surface area contributed by atoms with Crippen LogP contribution in [0.1, 0.15) is 0 Å². The second-order valence-corrected chi connectivity index (χ2v) is 1.15. The van der Waals surface area contributed by atoms with Gasteiger partial charge in [0, 0.05) is 12.4 Å². The fourth-order valence-electron chi connectivity index (χ4n) is 0.340. The van der Waals surface area contributed by atoms with E-state index in [-0.39, 0.29) is 17.0 Å². The van der Waals surface area contributed by atoms with Gasteiger partial charge in [-0.05, 0) is 12.2 Å². The van der Waals surface area contributed by atoms with Gasteiger partial charge in [-0.1, -0.05) is 0 Å². The van der Waals surface area contributed by atoms with E-state index in [2.05, 4.69) is 10.3 Å². The molecular formula is C5H7BrN2. The van der Waals surface area contributed by atoms with Crippen molar-refractivity contribution in [2.75, 3.05) is 0 Å². The summed E-state index contributed by atoms with van der Waals surface area (Å²) in [6.07, 6.45) is 8.90. The van der Waals surface area contributed by atoms with Crippen LogP contribution in [-0.4, -0.2) is 6.34 Å². The molecule has 0 atom stereocenters. The Morgan fingerprint density at radius 3 is 3.00 bits per heavy atom. The van der Waals surface area contributed by atoms with Gasteiger partial charge in [-0.25, -0.2) is 4.99 Å². The molecule has 0 radical (unpaired) electrons. The van der Waals surface area contributed by atoms with Gasteiger partial charge in [0.1, 0.15) is 0 Å². The van der Waals surface area contributed by atoms with Crippen LogP contribution in [0.4, 0.5) is 0 Å². The average molecular weight is 175 g/mol. The van der Waals surface area contributed by atoms with Gasteiger partial charge in [-0.3, -0.25) is 0 Å². The maximum absolute atomic E-state index is 3.79. The molecule has 0 aromatic rings. The minimum absolute atomic E-state index is 0. The molecule has 0 aromatic heterocycles. The van der Waals surface area contributed by atoms with Crippen LogP contribution in [0.5, 0.6) is 0 Å². The molecule has 1 aliphatic heterocycles. The van der Waals surface area contributed by atoms with Gasteiger partial charge in [0.2, 0.25) is 0 Å². The van der Waals surface area contributed by atoms with Crippen molar-refractivity contribution in [3.63, 3.8) is 0 Å². The normalized spacial score (nSPS) is 14.0. The molecule has 0 amide bonds. The van der Waals surface area contributed by atoms with Crippen LogP contribution in [-0.2, 0) is 0 Å². The number of allylic oxidation sites excluding steroid dienone is 2. The molecule has 8 heavy (non-hydrogen) atoms. The largest absolute Gasteiger partial charge is 0.353 e. The lowest BCUT2D eigenvalue weighted by Crippen LogP contribution is -1.96. The molecular weight excluding hydrogens is 168 g/mol. The highest BCUT2D eigenvalue weighted by atomic mass is 79.9. The van der Waals surface area contributed by atoms with E-state index in [1.54, 1.807) is 12.5 Å². The molecule has 0 aliphatic carbocycles. The molecule has 1 aliphatic rings. The average Bonchev–Trinajstić information content (AvgIpc) is 1.90. The lowest BCUT2D eigenvalue weighted by Gasteiger charge is -1.77. The second kappa shape index (κ2) is 4.59. The molecule has 0 bridgehead atoms. The fourth-order valence-corrected chi connectivity index (χ4v) is 0.340. The Morgan fingerprint density at radius 2 is 2.12 bits per heavy atom. The summed E-state index contributed by atoms with van der Waals surface area (Å²) in [4.78, 5) is 3.79. The predicted octanol–water partition coefficient (Wildman–Crippen LogP) is 1.22. The van der Waals surface area contributed by atoms with Crippen molar-refractivity contribution in [3.05, 3.63) is 24.6 Å². The summed E-state index contributed by atoms with van der Waals surface area (Å²) in [5, 5.41) is 2.81. The number of rotatable bonds is 0. The summed E-state index contributed by atoms with van der Waals surface area (Å²) < 4.78 is 0. The summed E-state index contributed by atoms with van der Waals surface area (Å²) in [5.74, 6) is 0. The minimum atomic E-state index is 0. The third kappa shape index (κ3) is 2.58. The smallest absolute Gasteiger partial charge is 0.0918 e. The Hall–Kier alpha value is -0.570. The van der Waals surface area contributed by atoms with E-state index in [0.717, 1.165) is 0 Å². The van der Waals surface area contributed by atoms with Crippen LogP contribution in [0, 0.1) is 0 Å². The Morgan fingerprint density at radius 1 is 1.25 bits per heavy atom. The molecule has 1 rings (SSSR count). The van der Waals surface area contributed by atoms with Crippen LogP contribution < -0.4 is 5.32 Å². The van der Waals surface area contributed by atoms with Gasteiger partial charge < -0.3 is 5.32 Å². The van der Waals surface area contributed by atoms with Crippen molar-refractivity contribution in [2.24, 2.45) is 4.99 Å². The molecule has 3 heteroatoms. The van der Waals surface area contributed by atoms with Gasteiger partial charge in [0.25, 0.3) is 0 Å². The van der Waals surface area contributed by atoms with E-state index in [4.69, 9.17) is 0 Å². The van der Waals surface area contributed by atoms with Crippen molar-refractivity contribution in [1.82, 2.24) is 5.32 Å². The molecule has 0 fully saturated rings. The number of nitrogens with one attached hydrogen (secondary N) is 1. The van der Waals surface area contributed by atoms with Gasteiger partial charge in [-0.2, -0.15) is 0 Å². The topological polar surface area (TPSA) is 24.4 Å². The zero-order valence-electron chi connectivity index (χ0n) is 4.24. The number of aliphatic imine (C=N–C) groups is 1. The first-order valence-electron chi connectivity index (χ1n) is 2.09. The van der Waals surface area contributed by atoms with E-state index in [1.165, 1.54) is 0 Å².